The number of nitrogens with one attached hydrogen (secondary N) is 2. The lowest BCUT2D eigenvalue weighted by Crippen LogP contribution is -2.39. The smallest absolute Gasteiger partial charge is 0.329 e. The van der Waals surface area contributed by atoms with Gasteiger partial charge in [0, 0.05) is 0 Å². The van der Waals surface area contributed by atoms with Gasteiger partial charge in [0.1, 0.15) is 5.75 Å². The van der Waals surface area contributed by atoms with Gasteiger partial charge < -0.3 is 10.1 Å². The normalized spacial score (nSPS) is 11.8. The minimum atomic E-state index is -0.817. The number of hydrogen-bond donors (Lipinski definition) is 2. The van der Waals surface area contributed by atoms with Gasteiger partial charge in [-0.2, -0.15) is 5.10 Å². The zero-order valence-electron chi connectivity index (χ0n) is 14.9. The second kappa shape index (κ2) is 9.98. The molecule has 2 amide bonds. The fraction of sp³-hybridized carbons (Fsp3) is 0.250. The molecule has 0 aliphatic carbocycles. The molecule has 0 bridgehead atoms. The molecule has 0 spiro atoms. The fourth-order valence-corrected chi connectivity index (χ4v) is 2.21. The number of nitrogens with zero attached hydrogens (tertiary/aromatic N) is 1. The number of hydrazone groups is 1. The largest absolute Gasteiger partial charge is 0.494 e. The Kier molecular flexibility index (Phi) is 7.36. The van der Waals surface area contributed by atoms with Crippen LogP contribution in [0.4, 0.5) is 0 Å². The Hall–Kier alpha value is -3.15. The van der Waals surface area contributed by atoms with Crippen LogP contribution in [0.15, 0.2) is 59.7 Å². The van der Waals surface area contributed by atoms with Crippen molar-refractivity contribution in [3.8, 4) is 5.75 Å². The SMILES string of the molecule is CCCOc1cccc(/C=N\NC(=O)C(=O)N[C@@H](C)c2ccccc2)c1. The van der Waals surface area contributed by atoms with Gasteiger partial charge >= 0.3 is 11.8 Å². The average molecular weight is 353 g/mol. The van der Waals surface area contributed by atoms with Gasteiger partial charge in [-0.15, -0.1) is 0 Å². The molecule has 0 unspecified atom stereocenters. The summed E-state index contributed by atoms with van der Waals surface area (Å²) >= 11 is 0. The molecule has 2 aromatic carbocycles. The highest BCUT2D eigenvalue weighted by atomic mass is 16.5. The maximum atomic E-state index is 11.9. The second-order valence-electron chi connectivity index (χ2n) is 5.73. The Morgan fingerprint density at radius 3 is 2.62 bits per heavy atom. The second-order valence-corrected chi connectivity index (χ2v) is 5.73. The van der Waals surface area contributed by atoms with Gasteiger partial charge in [-0.05, 0) is 36.6 Å². The van der Waals surface area contributed by atoms with Crippen molar-refractivity contribution < 1.29 is 14.3 Å². The van der Waals surface area contributed by atoms with Crippen molar-refractivity contribution in [1.82, 2.24) is 10.7 Å². The average Bonchev–Trinajstić information content (AvgIpc) is 2.67. The molecule has 2 rings (SSSR count). The first-order valence-electron chi connectivity index (χ1n) is 8.52. The molecule has 1 atom stereocenters. The van der Waals surface area contributed by atoms with Gasteiger partial charge in [0.15, 0.2) is 0 Å². The summed E-state index contributed by atoms with van der Waals surface area (Å²) in [6, 6.07) is 16.5. The minimum absolute atomic E-state index is 0.272. The van der Waals surface area contributed by atoms with Crippen molar-refractivity contribution >= 4 is 18.0 Å². The number of hydrogen-bond acceptors (Lipinski definition) is 4. The molecule has 6 nitrogen and oxygen atoms in total. The van der Waals surface area contributed by atoms with E-state index in [1.807, 2.05) is 68.4 Å². The summed E-state index contributed by atoms with van der Waals surface area (Å²) < 4.78 is 5.53. The molecule has 2 N–H and O–H groups in total. The van der Waals surface area contributed by atoms with Crippen LogP contribution in [0.5, 0.6) is 5.75 Å². The quantitative estimate of drug-likeness (QED) is 0.456. The summed E-state index contributed by atoms with van der Waals surface area (Å²) in [7, 11) is 0. The van der Waals surface area contributed by atoms with E-state index in [1.54, 1.807) is 0 Å². The number of rotatable bonds is 7. The van der Waals surface area contributed by atoms with E-state index in [4.69, 9.17) is 4.74 Å². The van der Waals surface area contributed by atoms with Crippen LogP contribution in [-0.2, 0) is 9.59 Å². The van der Waals surface area contributed by atoms with Crippen LogP contribution < -0.4 is 15.5 Å². The summed E-state index contributed by atoms with van der Waals surface area (Å²) in [4.78, 5) is 23.8. The third-order valence-electron chi connectivity index (χ3n) is 3.56. The Labute approximate surface area is 153 Å². The number of amides is 2. The molecular formula is C20H23N3O3. The fourth-order valence-electron chi connectivity index (χ4n) is 2.21. The molecule has 0 fully saturated rings. The lowest BCUT2D eigenvalue weighted by molar-refractivity contribution is -0.139. The van der Waals surface area contributed by atoms with Gasteiger partial charge in [-0.3, -0.25) is 9.59 Å². The first kappa shape index (κ1) is 19.2. The highest BCUT2D eigenvalue weighted by molar-refractivity contribution is 6.35. The molecule has 0 heterocycles. The van der Waals surface area contributed by atoms with Crippen molar-refractivity contribution in [3.05, 3.63) is 65.7 Å². The molecule has 0 saturated carbocycles. The van der Waals surface area contributed by atoms with E-state index in [1.165, 1.54) is 6.21 Å². The predicted molar refractivity (Wildman–Crippen MR) is 101 cm³/mol. The van der Waals surface area contributed by atoms with E-state index in [0.717, 1.165) is 23.3 Å². The zero-order chi connectivity index (χ0) is 18.8. The maximum absolute atomic E-state index is 11.9. The van der Waals surface area contributed by atoms with Crippen LogP contribution >= 0.6 is 0 Å². The number of carbonyl (C=O) groups excluding carboxylic acids is 2. The van der Waals surface area contributed by atoms with Crippen molar-refractivity contribution in [3.63, 3.8) is 0 Å². The molecule has 0 saturated heterocycles. The van der Waals surface area contributed by atoms with E-state index in [2.05, 4.69) is 15.8 Å². The molecule has 0 aliphatic rings. The van der Waals surface area contributed by atoms with Crippen LogP contribution in [0.3, 0.4) is 0 Å². The summed E-state index contributed by atoms with van der Waals surface area (Å²) in [6.07, 6.45) is 2.38. The van der Waals surface area contributed by atoms with Crippen LogP contribution in [0.2, 0.25) is 0 Å². The van der Waals surface area contributed by atoms with E-state index in [0.29, 0.717) is 6.61 Å². The van der Waals surface area contributed by atoms with Crippen molar-refractivity contribution in [1.29, 1.82) is 0 Å². The van der Waals surface area contributed by atoms with Crippen LogP contribution in [0.25, 0.3) is 0 Å². The van der Waals surface area contributed by atoms with Crippen molar-refractivity contribution in [2.24, 2.45) is 5.10 Å². The molecule has 0 radical (unpaired) electrons. The van der Waals surface area contributed by atoms with Crippen molar-refractivity contribution in [2.45, 2.75) is 26.3 Å². The van der Waals surface area contributed by atoms with E-state index in [9.17, 15) is 9.59 Å². The van der Waals surface area contributed by atoms with E-state index < -0.39 is 11.8 Å². The highest BCUT2D eigenvalue weighted by Crippen LogP contribution is 2.12. The molecule has 136 valence electrons. The van der Waals surface area contributed by atoms with Crippen molar-refractivity contribution in [2.75, 3.05) is 6.61 Å². The number of benzene rings is 2. The summed E-state index contributed by atoms with van der Waals surface area (Å²) in [6.45, 7) is 4.48. The predicted octanol–water partition coefficient (Wildman–Crippen LogP) is 2.80. The molecular weight excluding hydrogens is 330 g/mol. The lowest BCUT2D eigenvalue weighted by atomic mass is 10.1. The Morgan fingerprint density at radius 2 is 1.88 bits per heavy atom. The molecule has 2 aromatic rings. The number of ether oxygens (including phenoxy) is 1. The third-order valence-corrected chi connectivity index (χ3v) is 3.56. The van der Waals surface area contributed by atoms with Gasteiger partial charge in [0.2, 0.25) is 0 Å². The monoisotopic (exact) mass is 353 g/mol. The van der Waals surface area contributed by atoms with Gasteiger partial charge in [0.05, 0.1) is 18.9 Å². The third kappa shape index (κ3) is 6.05. The molecule has 26 heavy (non-hydrogen) atoms. The van der Waals surface area contributed by atoms with Gasteiger partial charge in [0.25, 0.3) is 0 Å². The Bertz CT molecular complexity index is 760. The first-order valence-corrected chi connectivity index (χ1v) is 8.52. The minimum Gasteiger partial charge on any atom is -0.494 e. The summed E-state index contributed by atoms with van der Waals surface area (Å²) in [5, 5.41) is 6.46. The number of carbonyl (C=O) groups is 2. The molecule has 0 aromatic heterocycles. The molecule has 6 heteroatoms. The topological polar surface area (TPSA) is 79.8 Å². The summed E-state index contributed by atoms with van der Waals surface area (Å²) in [5.41, 5.74) is 3.91. The first-order chi connectivity index (χ1) is 12.6. The van der Waals surface area contributed by atoms with Crippen LogP contribution in [0.1, 0.15) is 37.4 Å². The Balaban J connectivity index is 1.85. The van der Waals surface area contributed by atoms with Gasteiger partial charge in [-0.25, -0.2) is 5.43 Å². The van der Waals surface area contributed by atoms with E-state index in [-0.39, 0.29) is 6.04 Å². The van der Waals surface area contributed by atoms with Crippen LogP contribution in [-0.4, -0.2) is 24.6 Å². The summed E-state index contributed by atoms with van der Waals surface area (Å²) in [5.74, 6) is -0.822. The van der Waals surface area contributed by atoms with E-state index >= 15 is 0 Å². The standard InChI is InChI=1S/C20H23N3O3/c1-3-12-26-18-11-7-8-16(13-18)14-21-23-20(25)19(24)22-15(2)17-9-5-4-6-10-17/h4-11,13-15H,3,12H2,1-2H3,(H,22,24)(H,23,25)/b21-14-/t15-/m0/s1. The Morgan fingerprint density at radius 1 is 1.12 bits per heavy atom. The lowest BCUT2D eigenvalue weighted by Gasteiger charge is -2.13. The van der Waals surface area contributed by atoms with Gasteiger partial charge in [-0.1, -0.05) is 49.4 Å². The zero-order valence-corrected chi connectivity index (χ0v) is 14.9. The molecule has 0 aliphatic heterocycles. The highest BCUT2D eigenvalue weighted by Gasteiger charge is 2.16. The maximum Gasteiger partial charge on any atom is 0.329 e. The van der Waals surface area contributed by atoms with Crippen LogP contribution in [0, 0.1) is 0 Å².